The fraction of sp³-hybridized carbons (Fsp3) is 0.389. The van der Waals surface area contributed by atoms with E-state index in [2.05, 4.69) is 15.6 Å². The predicted molar refractivity (Wildman–Crippen MR) is 117 cm³/mol. The summed E-state index contributed by atoms with van der Waals surface area (Å²) < 4.78 is 38.7. The highest BCUT2D eigenvalue weighted by atomic mass is 127. The normalized spacial score (nSPS) is 11.8. The van der Waals surface area contributed by atoms with Crippen LogP contribution in [0.5, 0.6) is 0 Å². The molecule has 1 aromatic carbocycles. The molecule has 0 radical (unpaired) electrons. The molecule has 0 unspecified atom stereocenters. The average molecular weight is 508 g/mol. The lowest BCUT2D eigenvalue weighted by Crippen LogP contribution is -2.37. The molecule has 0 saturated heterocycles. The number of benzene rings is 1. The van der Waals surface area contributed by atoms with E-state index in [4.69, 9.17) is 0 Å². The molecule has 0 aliphatic carbocycles. The van der Waals surface area contributed by atoms with E-state index in [0.717, 1.165) is 5.56 Å². The van der Waals surface area contributed by atoms with E-state index in [1.807, 2.05) is 37.0 Å². The summed E-state index contributed by atoms with van der Waals surface area (Å²) in [6.45, 7) is 3.43. The minimum atomic E-state index is -3.20. The molecule has 6 nitrogen and oxygen atoms in total. The molecule has 2 rings (SSSR count). The van der Waals surface area contributed by atoms with Crippen molar-refractivity contribution in [1.29, 1.82) is 0 Å². The molecule has 2 aromatic rings. The van der Waals surface area contributed by atoms with Crippen LogP contribution in [0.15, 0.2) is 41.7 Å². The minimum absolute atomic E-state index is 0. The molecule has 0 bridgehead atoms. The van der Waals surface area contributed by atoms with Gasteiger partial charge in [-0.2, -0.15) is 0 Å². The number of rotatable bonds is 7. The molecule has 27 heavy (non-hydrogen) atoms. The molecule has 0 saturated carbocycles. The van der Waals surface area contributed by atoms with Gasteiger partial charge in [0, 0.05) is 38.8 Å². The van der Waals surface area contributed by atoms with Gasteiger partial charge in [0.2, 0.25) is 0 Å². The van der Waals surface area contributed by atoms with E-state index in [0.29, 0.717) is 30.2 Å². The van der Waals surface area contributed by atoms with Gasteiger partial charge >= 0.3 is 0 Å². The fourth-order valence-corrected chi connectivity index (χ4v) is 3.37. The highest BCUT2D eigenvalue weighted by Crippen LogP contribution is 2.14. The number of halogens is 2. The van der Waals surface area contributed by atoms with Crippen molar-refractivity contribution >= 4 is 39.8 Å². The van der Waals surface area contributed by atoms with Crippen molar-refractivity contribution in [1.82, 2.24) is 15.2 Å². The van der Waals surface area contributed by atoms with Crippen LogP contribution in [-0.4, -0.2) is 31.7 Å². The molecule has 0 aliphatic heterocycles. The topological polar surface area (TPSA) is 75.5 Å². The van der Waals surface area contributed by atoms with E-state index in [1.165, 1.54) is 24.5 Å². The highest BCUT2D eigenvalue weighted by molar-refractivity contribution is 14.0. The van der Waals surface area contributed by atoms with Crippen LogP contribution < -0.4 is 10.6 Å². The third-order valence-electron chi connectivity index (χ3n) is 3.69. The molecular weight excluding hydrogens is 482 g/mol. The number of aromatic nitrogens is 1. The lowest BCUT2D eigenvalue weighted by Gasteiger charge is -2.14. The fourth-order valence-electron chi connectivity index (χ4n) is 2.53. The maximum Gasteiger partial charge on any atom is 0.191 e. The van der Waals surface area contributed by atoms with E-state index in [-0.39, 0.29) is 36.3 Å². The van der Waals surface area contributed by atoms with Crippen LogP contribution >= 0.6 is 24.0 Å². The molecule has 0 aliphatic rings. The maximum absolute atomic E-state index is 13.6. The second kappa shape index (κ2) is 10.6. The van der Waals surface area contributed by atoms with Crippen molar-refractivity contribution < 1.29 is 12.8 Å². The Morgan fingerprint density at radius 3 is 2.56 bits per heavy atom. The summed E-state index contributed by atoms with van der Waals surface area (Å²) in [5.41, 5.74) is 2.26. The SMILES string of the molecule is CCNC(=NCc1ccn(C)c1)NCc1cc(F)ccc1CS(C)(=O)=O.I. The van der Waals surface area contributed by atoms with Gasteiger partial charge in [0.1, 0.15) is 5.82 Å². The third-order valence-corrected chi connectivity index (χ3v) is 4.52. The number of nitrogens with zero attached hydrogens (tertiary/aromatic N) is 2. The van der Waals surface area contributed by atoms with E-state index >= 15 is 0 Å². The van der Waals surface area contributed by atoms with Gasteiger partial charge in [-0.05, 0) is 41.8 Å². The van der Waals surface area contributed by atoms with Crippen LogP contribution in [0.25, 0.3) is 0 Å². The van der Waals surface area contributed by atoms with Gasteiger partial charge in [-0.15, -0.1) is 24.0 Å². The Labute approximate surface area is 177 Å². The van der Waals surface area contributed by atoms with Crippen molar-refractivity contribution in [3.63, 3.8) is 0 Å². The van der Waals surface area contributed by atoms with Gasteiger partial charge in [-0.3, -0.25) is 0 Å². The summed E-state index contributed by atoms with van der Waals surface area (Å²) in [5.74, 6) is 0.0679. The van der Waals surface area contributed by atoms with Crippen LogP contribution in [0, 0.1) is 5.82 Å². The van der Waals surface area contributed by atoms with Crippen molar-refractivity contribution in [2.24, 2.45) is 12.0 Å². The van der Waals surface area contributed by atoms with Crippen LogP contribution in [0.2, 0.25) is 0 Å². The Bertz CT molecular complexity index is 881. The first-order chi connectivity index (χ1) is 12.3. The summed E-state index contributed by atoms with van der Waals surface area (Å²) in [6.07, 6.45) is 5.11. The van der Waals surface area contributed by atoms with Gasteiger partial charge in [0.15, 0.2) is 15.8 Å². The number of hydrogen-bond acceptors (Lipinski definition) is 3. The molecular formula is C18H26FIN4O2S. The monoisotopic (exact) mass is 508 g/mol. The lowest BCUT2D eigenvalue weighted by atomic mass is 10.1. The van der Waals surface area contributed by atoms with Crippen LogP contribution in [0.3, 0.4) is 0 Å². The molecule has 0 fully saturated rings. The van der Waals surface area contributed by atoms with Crippen molar-refractivity contribution in [3.05, 3.63) is 59.2 Å². The Kier molecular flexibility index (Phi) is 9.23. The quantitative estimate of drug-likeness (QED) is 0.343. The number of nitrogens with one attached hydrogen (secondary N) is 2. The summed E-state index contributed by atoms with van der Waals surface area (Å²) in [7, 11) is -1.26. The molecule has 0 spiro atoms. The smallest absolute Gasteiger partial charge is 0.191 e. The molecule has 0 amide bonds. The number of hydrogen-bond donors (Lipinski definition) is 2. The molecule has 2 N–H and O–H groups in total. The zero-order valence-corrected chi connectivity index (χ0v) is 18.8. The average Bonchev–Trinajstić information content (AvgIpc) is 2.96. The Balaban J connectivity index is 0.00000364. The van der Waals surface area contributed by atoms with Gasteiger partial charge in [-0.1, -0.05) is 6.07 Å². The van der Waals surface area contributed by atoms with Crippen LogP contribution in [0.1, 0.15) is 23.6 Å². The Morgan fingerprint density at radius 2 is 1.96 bits per heavy atom. The number of aryl methyl sites for hydroxylation is 1. The van der Waals surface area contributed by atoms with Gasteiger partial charge in [0.05, 0.1) is 12.3 Å². The van der Waals surface area contributed by atoms with Gasteiger partial charge < -0.3 is 15.2 Å². The van der Waals surface area contributed by atoms with Crippen LogP contribution in [-0.2, 0) is 35.7 Å². The van der Waals surface area contributed by atoms with Crippen molar-refractivity contribution in [2.75, 3.05) is 12.8 Å². The van der Waals surface area contributed by atoms with Crippen LogP contribution in [0.4, 0.5) is 4.39 Å². The number of guanidine groups is 1. The molecule has 0 atom stereocenters. The standard InChI is InChI=1S/C18H25FN4O2S.HI/c1-4-20-18(21-10-14-7-8-23(2)12-14)22-11-16-9-17(19)6-5-15(16)13-26(3,24)25;/h5-9,12H,4,10-11,13H2,1-3H3,(H2,20,21,22);1H. The van der Waals surface area contributed by atoms with Crippen molar-refractivity contribution in [3.8, 4) is 0 Å². The summed E-state index contributed by atoms with van der Waals surface area (Å²) >= 11 is 0. The summed E-state index contributed by atoms with van der Waals surface area (Å²) in [6, 6.07) is 6.14. The molecule has 9 heteroatoms. The predicted octanol–water partition coefficient (Wildman–Crippen LogP) is 2.58. The van der Waals surface area contributed by atoms with E-state index < -0.39 is 15.7 Å². The summed E-state index contributed by atoms with van der Waals surface area (Å²) in [5, 5.41) is 6.27. The zero-order valence-electron chi connectivity index (χ0n) is 15.7. The second-order valence-electron chi connectivity index (χ2n) is 6.22. The Morgan fingerprint density at radius 1 is 1.22 bits per heavy atom. The number of sulfone groups is 1. The highest BCUT2D eigenvalue weighted by Gasteiger charge is 2.11. The molecule has 1 heterocycles. The maximum atomic E-state index is 13.6. The lowest BCUT2D eigenvalue weighted by molar-refractivity contribution is 0.599. The summed E-state index contributed by atoms with van der Waals surface area (Å²) in [4.78, 5) is 4.51. The first kappa shape index (κ1) is 23.4. The Hall–Kier alpha value is -1.62. The minimum Gasteiger partial charge on any atom is -0.357 e. The largest absolute Gasteiger partial charge is 0.357 e. The second-order valence-corrected chi connectivity index (χ2v) is 8.36. The first-order valence-corrected chi connectivity index (χ1v) is 10.4. The number of aliphatic imine (C=N–C) groups is 1. The van der Waals surface area contributed by atoms with Gasteiger partial charge in [-0.25, -0.2) is 17.8 Å². The third kappa shape index (κ3) is 8.29. The van der Waals surface area contributed by atoms with E-state index in [1.54, 1.807) is 0 Å². The van der Waals surface area contributed by atoms with Crippen molar-refractivity contribution in [2.45, 2.75) is 25.8 Å². The van der Waals surface area contributed by atoms with Gasteiger partial charge in [0.25, 0.3) is 0 Å². The van der Waals surface area contributed by atoms with E-state index in [9.17, 15) is 12.8 Å². The zero-order chi connectivity index (χ0) is 19.2. The molecule has 1 aromatic heterocycles. The first-order valence-electron chi connectivity index (χ1n) is 8.35. The molecule has 150 valence electrons.